The Labute approximate surface area is 215 Å². The Morgan fingerprint density at radius 3 is 2.19 bits per heavy atom. The van der Waals surface area contributed by atoms with E-state index < -0.39 is 6.04 Å². The van der Waals surface area contributed by atoms with Crippen LogP contribution in [0.2, 0.25) is 0 Å². The Balaban J connectivity index is 1.89. The van der Waals surface area contributed by atoms with Crippen molar-refractivity contribution in [2.24, 2.45) is 0 Å². The maximum atomic E-state index is 13.7. The molecule has 1 atom stereocenters. The van der Waals surface area contributed by atoms with E-state index in [4.69, 9.17) is 4.74 Å². The average molecular weight is 487 g/mol. The molecule has 3 rings (SSSR count). The van der Waals surface area contributed by atoms with E-state index in [-0.39, 0.29) is 18.4 Å². The van der Waals surface area contributed by atoms with Gasteiger partial charge in [0, 0.05) is 19.5 Å². The third kappa shape index (κ3) is 7.70. The second-order valence-corrected chi connectivity index (χ2v) is 9.35. The van der Waals surface area contributed by atoms with Gasteiger partial charge >= 0.3 is 0 Å². The molecule has 36 heavy (non-hydrogen) atoms. The molecule has 0 heterocycles. The predicted molar refractivity (Wildman–Crippen MR) is 145 cm³/mol. The van der Waals surface area contributed by atoms with Gasteiger partial charge in [-0.25, -0.2) is 0 Å². The molecule has 0 saturated heterocycles. The van der Waals surface area contributed by atoms with Crippen molar-refractivity contribution in [2.75, 3.05) is 13.2 Å². The second-order valence-electron chi connectivity index (χ2n) is 9.35. The van der Waals surface area contributed by atoms with Crippen LogP contribution in [0.5, 0.6) is 5.75 Å². The molecule has 3 aromatic carbocycles. The number of rotatable bonds is 12. The Kier molecular flexibility index (Phi) is 10.1. The van der Waals surface area contributed by atoms with Crippen molar-refractivity contribution in [3.63, 3.8) is 0 Å². The zero-order valence-electron chi connectivity index (χ0n) is 21.9. The topological polar surface area (TPSA) is 58.6 Å². The molecule has 5 nitrogen and oxygen atoms in total. The lowest BCUT2D eigenvalue weighted by Gasteiger charge is -2.31. The minimum Gasteiger partial charge on any atom is -0.483 e. The van der Waals surface area contributed by atoms with Crippen molar-refractivity contribution >= 4 is 11.8 Å². The van der Waals surface area contributed by atoms with E-state index in [0.29, 0.717) is 25.3 Å². The normalized spacial score (nSPS) is 11.6. The fourth-order valence-electron chi connectivity index (χ4n) is 4.21. The van der Waals surface area contributed by atoms with Crippen LogP contribution >= 0.6 is 0 Å². The average Bonchev–Trinajstić information content (AvgIpc) is 2.88. The van der Waals surface area contributed by atoms with Crippen molar-refractivity contribution in [3.8, 4) is 5.75 Å². The van der Waals surface area contributed by atoms with Crippen LogP contribution < -0.4 is 10.1 Å². The fourth-order valence-corrected chi connectivity index (χ4v) is 4.21. The summed E-state index contributed by atoms with van der Waals surface area (Å²) in [5.41, 5.74) is 5.19. The highest BCUT2D eigenvalue weighted by atomic mass is 16.5. The van der Waals surface area contributed by atoms with Gasteiger partial charge in [-0.2, -0.15) is 0 Å². The first-order valence-corrected chi connectivity index (χ1v) is 12.7. The molecule has 190 valence electrons. The van der Waals surface area contributed by atoms with Gasteiger partial charge in [-0.3, -0.25) is 9.59 Å². The molecule has 5 heteroatoms. The van der Waals surface area contributed by atoms with Gasteiger partial charge in [0.2, 0.25) is 5.91 Å². The van der Waals surface area contributed by atoms with E-state index in [1.165, 1.54) is 0 Å². The molecule has 0 fully saturated rings. The highest BCUT2D eigenvalue weighted by Crippen LogP contribution is 2.24. The molecule has 0 spiro atoms. The number of ether oxygens (including phenoxy) is 1. The molecule has 0 aliphatic rings. The lowest BCUT2D eigenvalue weighted by atomic mass is 10.0. The zero-order chi connectivity index (χ0) is 25.9. The Hall–Kier alpha value is -3.60. The summed E-state index contributed by atoms with van der Waals surface area (Å²) in [7, 11) is 0. The molecule has 0 bridgehead atoms. The lowest BCUT2D eigenvalue weighted by Crippen LogP contribution is -2.51. The maximum absolute atomic E-state index is 13.7. The number of nitrogens with one attached hydrogen (secondary N) is 1. The number of aryl methyl sites for hydroxylation is 2. The highest BCUT2D eigenvalue weighted by molar-refractivity contribution is 5.88. The zero-order valence-corrected chi connectivity index (χ0v) is 21.9. The van der Waals surface area contributed by atoms with Gasteiger partial charge in [-0.15, -0.1) is 0 Å². The number of amides is 2. The number of unbranched alkanes of at least 4 members (excludes halogenated alkanes) is 1. The smallest absolute Gasteiger partial charge is 0.261 e. The van der Waals surface area contributed by atoms with Crippen LogP contribution in [0, 0.1) is 20.8 Å². The van der Waals surface area contributed by atoms with E-state index in [1.807, 2.05) is 87.5 Å². The third-order valence-corrected chi connectivity index (χ3v) is 6.41. The Morgan fingerprint density at radius 1 is 0.917 bits per heavy atom. The summed E-state index contributed by atoms with van der Waals surface area (Å²) in [6.45, 7) is 8.92. The molecule has 0 aliphatic carbocycles. The van der Waals surface area contributed by atoms with Crippen molar-refractivity contribution in [3.05, 3.63) is 101 Å². The fraction of sp³-hybridized carbons (Fsp3) is 0.355. The quantitative estimate of drug-likeness (QED) is 0.342. The van der Waals surface area contributed by atoms with E-state index in [9.17, 15) is 9.59 Å². The van der Waals surface area contributed by atoms with Crippen LogP contribution in [-0.2, 0) is 22.6 Å². The molecule has 0 radical (unpaired) electrons. The van der Waals surface area contributed by atoms with Gasteiger partial charge in [0.05, 0.1) is 0 Å². The van der Waals surface area contributed by atoms with Crippen LogP contribution in [-0.4, -0.2) is 35.9 Å². The summed E-state index contributed by atoms with van der Waals surface area (Å²) in [5, 5.41) is 3.05. The van der Waals surface area contributed by atoms with Gasteiger partial charge in [0.15, 0.2) is 6.61 Å². The molecule has 2 amide bonds. The number of benzene rings is 3. The standard InChI is InChI=1S/C31H38N2O3/c1-5-6-17-32-31(35)28(20-26-13-9-7-10-14-26)33(21-27-15-11-8-12-16-27)30(34)22-36-29-19-23(2)18-24(3)25(29)4/h7-16,18-19,28H,5-6,17,20-22H2,1-4H3,(H,32,35)/t28-/m1/s1. The van der Waals surface area contributed by atoms with Crippen LogP contribution in [0.4, 0.5) is 0 Å². The summed E-state index contributed by atoms with van der Waals surface area (Å²) in [6.07, 6.45) is 2.31. The summed E-state index contributed by atoms with van der Waals surface area (Å²) >= 11 is 0. The first-order valence-electron chi connectivity index (χ1n) is 12.7. The maximum Gasteiger partial charge on any atom is 0.261 e. The van der Waals surface area contributed by atoms with Crippen molar-refractivity contribution in [1.82, 2.24) is 10.2 Å². The lowest BCUT2D eigenvalue weighted by molar-refractivity contribution is -0.142. The van der Waals surface area contributed by atoms with Gasteiger partial charge < -0.3 is 15.0 Å². The highest BCUT2D eigenvalue weighted by Gasteiger charge is 2.30. The monoisotopic (exact) mass is 486 g/mol. The predicted octanol–water partition coefficient (Wildman–Crippen LogP) is 5.55. The number of nitrogens with zero attached hydrogens (tertiary/aromatic N) is 1. The SMILES string of the molecule is CCCCNC(=O)[C@@H](Cc1ccccc1)N(Cc1ccccc1)C(=O)COc1cc(C)cc(C)c1C. The summed E-state index contributed by atoms with van der Waals surface area (Å²) < 4.78 is 6.03. The molecule has 1 N–H and O–H groups in total. The van der Waals surface area contributed by atoms with Gasteiger partial charge in [0.1, 0.15) is 11.8 Å². The molecule has 0 unspecified atom stereocenters. The van der Waals surface area contributed by atoms with Crippen LogP contribution in [0.25, 0.3) is 0 Å². The van der Waals surface area contributed by atoms with Crippen molar-refractivity contribution < 1.29 is 14.3 Å². The number of carbonyl (C=O) groups is 2. The summed E-state index contributed by atoms with van der Waals surface area (Å²) in [5.74, 6) is 0.343. The van der Waals surface area contributed by atoms with E-state index in [0.717, 1.165) is 40.7 Å². The van der Waals surface area contributed by atoms with Crippen molar-refractivity contribution in [2.45, 2.75) is 59.5 Å². The van der Waals surface area contributed by atoms with Gasteiger partial charge in [0.25, 0.3) is 5.91 Å². The number of hydrogen-bond acceptors (Lipinski definition) is 3. The van der Waals surface area contributed by atoms with Gasteiger partial charge in [-0.05, 0) is 61.1 Å². The van der Waals surface area contributed by atoms with E-state index >= 15 is 0 Å². The third-order valence-electron chi connectivity index (χ3n) is 6.41. The number of hydrogen-bond donors (Lipinski definition) is 1. The first-order chi connectivity index (χ1) is 17.4. The van der Waals surface area contributed by atoms with Crippen LogP contribution in [0.15, 0.2) is 72.8 Å². The Bertz CT molecular complexity index is 1130. The number of carbonyl (C=O) groups excluding carboxylic acids is 2. The molecular weight excluding hydrogens is 448 g/mol. The minimum absolute atomic E-state index is 0.135. The molecule has 3 aromatic rings. The van der Waals surface area contributed by atoms with Crippen LogP contribution in [0.3, 0.4) is 0 Å². The molecule has 0 aliphatic heterocycles. The summed E-state index contributed by atoms with van der Waals surface area (Å²) in [4.78, 5) is 28.8. The van der Waals surface area contributed by atoms with Gasteiger partial charge in [-0.1, -0.05) is 80.1 Å². The second kappa shape index (κ2) is 13.5. The van der Waals surface area contributed by atoms with Crippen molar-refractivity contribution in [1.29, 1.82) is 0 Å². The van der Waals surface area contributed by atoms with E-state index in [1.54, 1.807) is 4.90 Å². The molecule has 0 aromatic heterocycles. The minimum atomic E-state index is -0.652. The first kappa shape index (κ1) is 27.0. The van der Waals surface area contributed by atoms with Crippen LogP contribution in [0.1, 0.15) is 47.6 Å². The Morgan fingerprint density at radius 2 is 1.56 bits per heavy atom. The van der Waals surface area contributed by atoms with E-state index in [2.05, 4.69) is 18.3 Å². The molecule has 0 saturated carbocycles. The molecular formula is C31H38N2O3. The summed E-state index contributed by atoms with van der Waals surface area (Å²) in [6, 6.07) is 23.0. The largest absolute Gasteiger partial charge is 0.483 e.